The summed E-state index contributed by atoms with van der Waals surface area (Å²) in [6.07, 6.45) is 6.21. The van der Waals surface area contributed by atoms with Crippen LogP contribution < -0.4 is 5.32 Å². The number of aromatic nitrogens is 5. The normalized spacial score (nSPS) is 16.0. The minimum atomic E-state index is -0.523. The summed E-state index contributed by atoms with van der Waals surface area (Å²) in [6, 6.07) is 9.74. The molecule has 0 aliphatic carbocycles. The van der Waals surface area contributed by atoms with Gasteiger partial charge in [-0.3, -0.25) is 4.79 Å². The Balaban J connectivity index is 1.40. The van der Waals surface area contributed by atoms with E-state index in [1.807, 2.05) is 13.0 Å². The second kappa shape index (κ2) is 7.63. The molecule has 7 nitrogen and oxygen atoms in total. The second-order valence-electron chi connectivity index (χ2n) is 7.52. The summed E-state index contributed by atoms with van der Waals surface area (Å²) in [4.78, 5) is 16.9. The van der Waals surface area contributed by atoms with Gasteiger partial charge in [-0.05, 0) is 55.7 Å². The fourth-order valence-electron chi connectivity index (χ4n) is 3.77. The molecule has 4 aromatic rings. The highest BCUT2D eigenvalue weighted by atomic mass is 35.5. The summed E-state index contributed by atoms with van der Waals surface area (Å²) >= 11 is 6.08. The Morgan fingerprint density at radius 1 is 1.19 bits per heavy atom. The number of carbonyl (C=O) groups excluding carboxylic acids is 1. The number of nitrogens with zero attached hydrogens (tertiary/aromatic N) is 5. The standard InChI is InChI=1S/C22H18ClFN6O/c1-13-10-29(12-25-13)20-6-2-15(9-17(20)24)19-11-30(28-27-19)21-7-3-14-8-16(23)4-5-18(14)26-22(21)31/h2,4-6,8-12,21H,3,7H2,1H3,(H,26,31). The van der Waals surface area contributed by atoms with Gasteiger partial charge in [-0.15, -0.1) is 5.10 Å². The van der Waals surface area contributed by atoms with Crippen LogP contribution in [0.4, 0.5) is 10.1 Å². The van der Waals surface area contributed by atoms with Gasteiger partial charge in [0.25, 0.3) is 0 Å². The molecule has 2 aromatic heterocycles. The maximum absolute atomic E-state index is 14.7. The Kier molecular flexibility index (Phi) is 4.78. The third-order valence-electron chi connectivity index (χ3n) is 5.38. The van der Waals surface area contributed by atoms with E-state index in [4.69, 9.17) is 11.6 Å². The van der Waals surface area contributed by atoms with Crippen LogP contribution in [0.5, 0.6) is 0 Å². The number of hydrogen-bond acceptors (Lipinski definition) is 4. The van der Waals surface area contributed by atoms with E-state index in [9.17, 15) is 9.18 Å². The van der Waals surface area contributed by atoms with Gasteiger partial charge in [0.2, 0.25) is 5.91 Å². The molecule has 3 heterocycles. The first kappa shape index (κ1) is 19.4. The highest BCUT2D eigenvalue weighted by Gasteiger charge is 2.26. The van der Waals surface area contributed by atoms with Gasteiger partial charge in [0.15, 0.2) is 0 Å². The van der Waals surface area contributed by atoms with E-state index in [0.717, 1.165) is 16.9 Å². The molecule has 1 atom stereocenters. The van der Waals surface area contributed by atoms with Crippen molar-refractivity contribution in [3.63, 3.8) is 0 Å². The third-order valence-corrected chi connectivity index (χ3v) is 5.61. The van der Waals surface area contributed by atoms with Crippen LogP contribution in [0.15, 0.2) is 55.1 Å². The first-order valence-corrected chi connectivity index (χ1v) is 10.2. The van der Waals surface area contributed by atoms with Gasteiger partial charge >= 0.3 is 0 Å². The van der Waals surface area contributed by atoms with Crippen LogP contribution >= 0.6 is 11.6 Å². The van der Waals surface area contributed by atoms with Gasteiger partial charge < -0.3 is 9.88 Å². The van der Waals surface area contributed by atoms with Gasteiger partial charge in [-0.1, -0.05) is 22.9 Å². The summed E-state index contributed by atoms with van der Waals surface area (Å²) < 4.78 is 17.9. The zero-order chi connectivity index (χ0) is 21.5. The molecule has 5 rings (SSSR count). The molecule has 31 heavy (non-hydrogen) atoms. The SMILES string of the molecule is Cc1cn(-c2ccc(-c3cn(C4CCc5cc(Cl)ccc5NC4=O)nn3)cc2F)cn1. The molecule has 0 radical (unpaired) electrons. The zero-order valence-electron chi connectivity index (χ0n) is 16.6. The number of rotatable bonds is 3. The van der Waals surface area contributed by atoms with Crippen molar-refractivity contribution >= 4 is 23.2 Å². The van der Waals surface area contributed by atoms with Gasteiger partial charge in [0, 0.05) is 22.5 Å². The number of aryl methyl sites for hydroxylation is 2. The maximum Gasteiger partial charge on any atom is 0.249 e. The number of benzene rings is 2. The van der Waals surface area contributed by atoms with E-state index < -0.39 is 11.9 Å². The number of anilines is 1. The molecule has 0 spiro atoms. The molecule has 0 saturated carbocycles. The van der Waals surface area contributed by atoms with Crippen LogP contribution in [-0.2, 0) is 11.2 Å². The quantitative estimate of drug-likeness (QED) is 0.517. The monoisotopic (exact) mass is 436 g/mol. The van der Waals surface area contributed by atoms with Crippen molar-refractivity contribution in [1.29, 1.82) is 0 Å². The molecule has 2 aromatic carbocycles. The Morgan fingerprint density at radius 3 is 2.84 bits per heavy atom. The van der Waals surface area contributed by atoms with Crippen molar-refractivity contribution in [2.24, 2.45) is 0 Å². The summed E-state index contributed by atoms with van der Waals surface area (Å²) in [5, 5.41) is 11.9. The molecule has 1 N–H and O–H groups in total. The predicted octanol–water partition coefficient (Wildman–Crippen LogP) is 4.36. The predicted molar refractivity (Wildman–Crippen MR) is 115 cm³/mol. The molecular weight excluding hydrogens is 419 g/mol. The molecule has 156 valence electrons. The largest absolute Gasteiger partial charge is 0.324 e. The molecular formula is C22H18ClFN6O. The first-order chi connectivity index (χ1) is 15.0. The fourth-order valence-corrected chi connectivity index (χ4v) is 3.97. The van der Waals surface area contributed by atoms with Crippen LogP contribution in [0.25, 0.3) is 16.9 Å². The van der Waals surface area contributed by atoms with Crippen molar-refractivity contribution in [3.8, 4) is 16.9 Å². The number of carbonyl (C=O) groups is 1. The lowest BCUT2D eigenvalue weighted by molar-refractivity contribution is -0.119. The molecule has 0 bridgehead atoms. The van der Waals surface area contributed by atoms with Crippen molar-refractivity contribution in [3.05, 3.63) is 77.2 Å². The first-order valence-electron chi connectivity index (χ1n) is 9.80. The van der Waals surface area contributed by atoms with E-state index in [2.05, 4.69) is 20.6 Å². The van der Waals surface area contributed by atoms with E-state index in [1.54, 1.807) is 47.6 Å². The molecule has 1 amide bonds. The number of hydrogen-bond donors (Lipinski definition) is 1. The zero-order valence-corrected chi connectivity index (χ0v) is 17.3. The topological polar surface area (TPSA) is 77.6 Å². The Hall–Kier alpha value is -3.52. The van der Waals surface area contributed by atoms with Crippen molar-refractivity contribution in [2.45, 2.75) is 25.8 Å². The molecule has 0 saturated heterocycles. The summed E-state index contributed by atoms with van der Waals surface area (Å²) in [5.74, 6) is -0.571. The summed E-state index contributed by atoms with van der Waals surface area (Å²) in [7, 11) is 0. The molecule has 1 unspecified atom stereocenters. The highest BCUT2D eigenvalue weighted by molar-refractivity contribution is 6.30. The molecule has 0 fully saturated rings. The lowest BCUT2D eigenvalue weighted by Crippen LogP contribution is -2.25. The molecule has 9 heteroatoms. The van der Waals surface area contributed by atoms with Crippen molar-refractivity contribution < 1.29 is 9.18 Å². The molecule has 1 aliphatic heterocycles. The smallest absolute Gasteiger partial charge is 0.249 e. The Morgan fingerprint density at radius 2 is 2.06 bits per heavy atom. The minimum Gasteiger partial charge on any atom is -0.324 e. The van der Waals surface area contributed by atoms with Gasteiger partial charge in [-0.2, -0.15) is 0 Å². The fraction of sp³-hybridized carbons (Fsp3) is 0.182. The number of amides is 1. The van der Waals surface area contributed by atoms with Crippen molar-refractivity contribution in [2.75, 3.05) is 5.32 Å². The number of nitrogens with one attached hydrogen (secondary N) is 1. The lowest BCUT2D eigenvalue weighted by Gasteiger charge is -2.12. The summed E-state index contributed by atoms with van der Waals surface area (Å²) in [5.41, 5.74) is 4.01. The number of halogens is 2. The second-order valence-corrected chi connectivity index (χ2v) is 7.95. The Bertz CT molecular complexity index is 1300. The summed E-state index contributed by atoms with van der Waals surface area (Å²) in [6.45, 7) is 1.85. The van der Waals surface area contributed by atoms with Crippen LogP contribution in [0.2, 0.25) is 5.02 Å². The van der Waals surface area contributed by atoms with Crippen LogP contribution in [0.3, 0.4) is 0 Å². The van der Waals surface area contributed by atoms with E-state index in [0.29, 0.717) is 34.8 Å². The average Bonchev–Trinajstić information content (AvgIpc) is 3.36. The maximum atomic E-state index is 14.7. The van der Waals surface area contributed by atoms with Crippen LogP contribution in [-0.4, -0.2) is 30.5 Å². The minimum absolute atomic E-state index is 0.172. The van der Waals surface area contributed by atoms with Crippen LogP contribution in [0.1, 0.15) is 23.7 Å². The average molecular weight is 437 g/mol. The Labute approximate surface area is 182 Å². The number of fused-ring (bicyclic) bond motifs is 1. The van der Waals surface area contributed by atoms with E-state index in [1.165, 1.54) is 10.7 Å². The van der Waals surface area contributed by atoms with Crippen LogP contribution in [0, 0.1) is 12.7 Å². The number of imidazole rings is 1. The van der Waals surface area contributed by atoms with E-state index >= 15 is 0 Å². The van der Waals surface area contributed by atoms with E-state index in [-0.39, 0.29) is 5.91 Å². The lowest BCUT2D eigenvalue weighted by atomic mass is 10.1. The van der Waals surface area contributed by atoms with Crippen molar-refractivity contribution in [1.82, 2.24) is 24.5 Å². The van der Waals surface area contributed by atoms with Gasteiger partial charge in [0.1, 0.15) is 17.6 Å². The molecule has 1 aliphatic rings. The van der Waals surface area contributed by atoms with Gasteiger partial charge in [-0.25, -0.2) is 14.1 Å². The third kappa shape index (κ3) is 3.70. The van der Waals surface area contributed by atoms with Gasteiger partial charge in [0.05, 0.1) is 23.9 Å². The highest BCUT2D eigenvalue weighted by Crippen LogP contribution is 2.30.